The third kappa shape index (κ3) is 3.54. The van der Waals surface area contributed by atoms with Crippen LogP contribution in [0.1, 0.15) is 29.8 Å². The number of carbonyl (C=O) groups excluding carboxylic acids is 1. The van der Waals surface area contributed by atoms with E-state index in [0.717, 1.165) is 10.0 Å². The molecule has 0 aliphatic heterocycles. The fourth-order valence-electron chi connectivity index (χ4n) is 1.60. The number of hydrogen-bond acceptors (Lipinski definition) is 2. The first-order valence-corrected chi connectivity index (χ1v) is 6.52. The second-order valence-electron chi connectivity index (χ2n) is 4.47. The van der Waals surface area contributed by atoms with Crippen LogP contribution in [0.25, 0.3) is 0 Å². The van der Waals surface area contributed by atoms with Gasteiger partial charge in [-0.2, -0.15) is 0 Å². The van der Waals surface area contributed by atoms with Gasteiger partial charge in [-0.05, 0) is 30.5 Å². The van der Waals surface area contributed by atoms with Crippen molar-refractivity contribution in [2.75, 3.05) is 6.54 Å². The summed E-state index contributed by atoms with van der Waals surface area (Å²) >= 11 is 3.42. The molecule has 0 aliphatic rings. The summed E-state index contributed by atoms with van der Waals surface area (Å²) in [5, 5.41) is 2.97. The van der Waals surface area contributed by atoms with Crippen LogP contribution in [-0.4, -0.2) is 18.5 Å². The van der Waals surface area contributed by atoms with Crippen molar-refractivity contribution in [3.05, 3.63) is 33.8 Å². The van der Waals surface area contributed by atoms with Gasteiger partial charge in [0.25, 0.3) is 5.91 Å². The Hall–Kier alpha value is -0.870. The molecule has 0 saturated heterocycles. The number of amides is 1. The van der Waals surface area contributed by atoms with Gasteiger partial charge in [-0.1, -0.05) is 35.8 Å². The van der Waals surface area contributed by atoms with E-state index in [1.54, 1.807) is 0 Å². The van der Waals surface area contributed by atoms with Crippen molar-refractivity contribution in [1.29, 1.82) is 0 Å². The van der Waals surface area contributed by atoms with Gasteiger partial charge in [0.15, 0.2) is 0 Å². The monoisotopic (exact) mass is 298 g/mol. The second kappa shape index (κ2) is 6.17. The maximum absolute atomic E-state index is 12.1. The van der Waals surface area contributed by atoms with Gasteiger partial charge >= 0.3 is 0 Å². The molecule has 4 heteroatoms. The minimum atomic E-state index is -0.0621. The Labute approximate surface area is 111 Å². The van der Waals surface area contributed by atoms with Gasteiger partial charge in [0, 0.05) is 22.6 Å². The minimum Gasteiger partial charge on any atom is -0.348 e. The van der Waals surface area contributed by atoms with Crippen LogP contribution in [0.2, 0.25) is 0 Å². The molecule has 1 rings (SSSR count). The van der Waals surface area contributed by atoms with Crippen molar-refractivity contribution in [3.8, 4) is 0 Å². The van der Waals surface area contributed by atoms with Crippen molar-refractivity contribution in [3.63, 3.8) is 0 Å². The maximum atomic E-state index is 12.1. The Balaban J connectivity index is 2.86. The van der Waals surface area contributed by atoms with Gasteiger partial charge < -0.3 is 11.1 Å². The lowest BCUT2D eigenvalue weighted by atomic mass is 10.0. The highest BCUT2D eigenvalue weighted by atomic mass is 79.9. The molecule has 3 N–H and O–H groups in total. The smallest absolute Gasteiger partial charge is 0.251 e. The molecule has 0 saturated carbocycles. The summed E-state index contributed by atoms with van der Waals surface area (Å²) in [6.45, 7) is 6.47. The van der Waals surface area contributed by atoms with Crippen molar-refractivity contribution >= 4 is 21.8 Å². The van der Waals surface area contributed by atoms with Crippen molar-refractivity contribution in [2.45, 2.75) is 26.8 Å². The van der Waals surface area contributed by atoms with Crippen LogP contribution >= 0.6 is 15.9 Å². The largest absolute Gasteiger partial charge is 0.348 e. The van der Waals surface area contributed by atoms with Crippen molar-refractivity contribution in [1.82, 2.24) is 5.32 Å². The molecule has 17 heavy (non-hydrogen) atoms. The van der Waals surface area contributed by atoms with Crippen LogP contribution in [-0.2, 0) is 0 Å². The van der Waals surface area contributed by atoms with Gasteiger partial charge in [0.05, 0.1) is 0 Å². The Morgan fingerprint density at radius 1 is 1.47 bits per heavy atom. The zero-order valence-electron chi connectivity index (χ0n) is 10.5. The average Bonchev–Trinajstić information content (AvgIpc) is 2.28. The van der Waals surface area contributed by atoms with Crippen molar-refractivity contribution in [2.24, 2.45) is 11.7 Å². The van der Waals surface area contributed by atoms with Gasteiger partial charge in [-0.3, -0.25) is 4.79 Å². The molecule has 1 aromatic carbocycles. The van der Waals surface area contributed by atoms with Gasteiger partial charge in [-0.15, -0.1) is 0 Å². The standard InChI is InChI=1S/C13H19BrN2O/c1-8(2)12(7-15)16-13(17)10-5-4-6-11(14)9(10)3/h4-6,8,12H,7,15H2,1-3H3,(H,16,17). The molecule has 0 fully saturated rings. The van der Waals surface area contributed by atoms with Crippen LogP contribution in [0.5, 0.6) is 0 Å². The molecule has 0 heterocycles. The SMILES string of the molecule is Cc1c(Br)cccc1C(=O)NC(CN)C(C)C. The summed E-state index contributed by atoms with van der Waals surface area (Å²) in [7, 11) is 0. The molecule has 1 unspecified atom stereocenters. The van der Waals surface area contributed by atoms with Gasteiger partial charge in [-0.25, -0.2) is 0 Å². The third-order valence-corrected chi connectivity index (χ3v) is 3.75. The molecule has 0 spiro atoms. The molecule has 0 aliphatic carbocycles. The van der Waals surface area contributed by atoms with Crippen LogP contribution < -0.4 is 11.1 Å². The fourth-order valence-corrected chi connectivity index (χ4v) is 1.96. The lowest BCUT2D eigenvalue weighted by molar-refractivity contribution is 0.0927. The predicted octanol–water partition coefficient (Wildman–Crippen LogP) is 2.47. The first-order valence-electron chi connectivity index (χ1n) is 5.73. The lowest BCUT2D eigenvalue weighted by Gasteiger charge is -2.21. The molecule has 1 amide bonds. The summed E-state index contributed by atoms with van der Waals surface area (Å²) in [6, 6.07) is 5.62. The summed E-state index contributed by atoms with van der Waals surface area (Å²) in [6.07, 6.45) is 0. The van der Waals surface area contributed by atoms with E-state index in [0.29, 0.717) is 18.0 Å². The predicted molar refractivity (Wildman–Crippen MR) is 74.0 cm³/mol. The quantitative estimate of drug-likeness (QED) is 0.897. The van der Waals surface area contributed by atoms with Gasteiger partial charge in [0.2, 0.25) is 0 Å². The molecule has 1 atom stereocenters. The van der Waals surface area contributed by atoms with Crippen LogP contribution in [0.4, 0.5) is 0 Å². The molecule has 0 radical (unpaired) electrons. The van der Waals surface area contributed by atoms with Crippen LogP contribution in [0.15, 0.2) is 22.7 Å². The normalized spacial score (nSPS) is 12.6. The number of nitrogens with two attached hydrogens (primary N) is 1. The first kappa shape index (κ1) is 14.2. The third-order valence-electron chi connectivity index (χ3n) is 2.89. The summed E-state index contributed by atoms with van der Waals surface area (Å²) in [4.78, 5) is 12.1. The molecule has 1 aromatic rings. The molecular formula is C13H19BrN2O. The highest BCUT2D eigenvalue weighted by Gasteiger charge is 2.17. The summed E-state index contributed by atoms with van der Waals surface area (Å²) in [5.74, 6) is 0.268. The lowest BCUT2D eigenvalue weighted by Crippen LogP contribution is -2.43. The Morgan fingerprint density at radius 2 is 2.12 bits per heavy atom. The number of rotatable bonds is 4. The molecule has 3 nitrogen and oxygen atoms in total. The highest BCUT2D eigenvalue weighted by Crippen LogP contribution is 2.19. The zero-order chi connectivity index (χ0) is 13.0. The van der Waals surface area contributed by atoms with E-state index >= 15 is 0 Å². The summed E-state index contributed by atoms with van der Waals surface area (Å²) < 4.78 is 0.944. The van der Waals surface area contributed by atoms with E-state index in [1.807, 2.05) is 39.0 Å². The molecule has 0 bridgehead atoms. The fraction of sp³-hybridized carbons (Fsp3) is 0.462. The number of benzene rings is 1. The van der Waals surface area contributed by atoms with Crippen molar-refractivity contribution < 1.29 is 4.79 Å². The number of nitrogens with one attached hydrogen (secondary N) is 1. The Bertz CT molecular complexity index is 404. The van der Waals surface area contributed by atoms with Crippen LogP contribution in [0.3, 0.4) is 0 Å². The van der Waals surface area contributed by atoms with E-state index in [2.05, 4.69) is 21.2 Å². The van der Waals surface area contributed by atoms with E-state index in [1.165, 1.54) is 0 Å². The average molecular weight is 299 g/mol. The Morgan fingerprint density at radius 3 is 2.65 bits per heavy atom. The topological polar surface area (TPSA) is 55.1 Å². The number of hydrogen-bond donors (Lipinski definition) is 2. The van der Waals surface area contributed by atoms with E-state index < -0.39 is 0 Å². The molecule has 0 aromatic heterocycles. The molecule has 94 valence electrons. The number of carbonyl (C=O) groups is 1. The van der Waals surface area contributed by atoms with E-state index in [9.17, 15) is 4.79 Å². The summed E-state index contributed by atoms with van der Waals surface area (Å²) in [5.41, 5.74) is 7.29. The van der Waals surface area contributed by atoms with E-state index in [4.69, 9.17) is 5.73 Å². The Kier molecular flexibility index (Phi) is 5.15. The zero-order valence-corrected chi connectivity index (χ0v) is 12.0. The second-order valence-corrected chi connectivity index (χ2v) is 5.33. The first-order chi connectivity index (χ1) is 7.97. The number of halogens is 1. The van der Waals surface area contributed by atoms with Gasteiger partial charge in [0.1, 0.15) is 0 Å². The van der Waals surface area contributed by atoms with E-state index in [-0.39, 0.29) is 11.9 Å². The highest BCUT2D eigenvalue weighted by molar-refractivity contribution is 9.10. The maximum Gasteiger partial charge on any atom is 0.251 e. The minimum absolute atomic E-state index is 0.0147. The molecular weight excluding hydrogens is 280 g/mol. The van der Waals surface area contributed by atoms with Crippen LogP contribution in [0, 0.1) is 12.8 Å².